The van der Waals surface area contributed by atoms with Crippen LogP contribution in [0.15, 0.2) is 48.5 Å². The van der Waals surface area contributed by atoms with E-state index in [0.717, 1.165) is 23.4 Å². The van der Waals surface area contributed by atoms with Gasteiger partial charge in [-0.1, -0.05) is 43.3 Å². The highest BCUT2D eigenvalue weighted by atomic mass is 32.1. The van der Waals surface area contributed by atoms with Crippen LogP contribution in [0.5, 0.6) is 0 Å². The zero-order valence-corrected chi connectivity index (χ0v) is 12.4. The number of hydrogen-bond acceptors (Lipinski definition) is 3. The summed E-state index contributed by atoms with van der Waals surface area (Å²) in [6.07, 6.45) is 1.90. The first kappa shape index (κ1) is 13.3. The number of aryl methyl sites for hydroxylation is 1. The minimum Gasteiger partial charge on any atom is -0.322 e. The first-order valence-corrected chi connectivity index (χ1v) is 7.77. The van der Waals surface area contributed by atoms with Gasteiger partial charge in [-0.2, -0.15) is 0 Å². The normalized spacial score (nSPS) is 12.7. The van der Waals surface area contributed by atoms with E-state index < -0.39 is 0 Å². The molecule has 1 atom stereocenters. The van der Waals surface area contributed by atoms with Gasteiger partial charge in [0.1, 0.15) is 5.01 Å². The Morgan fingerprint density at radius 2 is 1.75 bits per heavy atom. The lowest BCUT2D eigenvalue weighted by molar-refractivity contribution is 0.711. The lowest BCUT2D eigenvalue weighted by atomic mass is 9.99. The molecule has 3 heteroatoms. The molecular weight excluding hydrogens is 264 g/mol. The van der Waals surface area contributed by atoms with Crippen LogP contribution >= 0.6 is 11.3 Å². The van der Waals surface area contributed by atoms with Crippen LogP contribution in [0.2, 0.25) is 0 Å². The Balaban J connectivity index is 1.87. The maximum absolute atomic E-state index is 6.36. The standard InChI is InChI=1S/C17H18N2S/c1-2-12-7-3-4-8-13(12)11-14(18)17-19-15-9-5-6-10-16(15)20-17/h3-10,14H,2,11,18H2,1H3. The van der Waals surface area contributed by atoms with Crippen molar-refractivity contribution in [1.82, 2.24) is 4.98 Å². The molecule has 0 saturated heterocycles. The third kappa shape index (κ3) is 2.60. The summed E-state index contributed by atoms with van der Waals surface area (Å²) < 4.78 is 1.21. The third-order valence-corrected chi connectivity index (χ3v) is 4.74. The molecule has 0 bridgehead atoms. The third-order valence-electron chi connectivity index (χ3n) is 3.57. The van der Waals surface area contributed by atoms with Crippen molar-refractivity contribution in [2.75, 3.05) is 0 Å². The van der Waals surface area contributed by atoms with Gasteiger partial charge in [0.25, 0.3) is 0 Å². The molecule has 0 radical (unpaired) electrons. The number of para-hydroxylation sites is 1. The number of benzene rings is 2. The molecule has 0 aliphatic rings. The van der Waals surface area contributed by atoms with Gasteiger partial charge in [0.05, 0.1) is 16.3 Å². The molecule has 3 rings (SSSR count). The van der Waals surface area contributed by atoms with E-state index in [1.54, 1.807) is 11.3 Å². The van der Waals surface area contributed by atoms with Crippen molar-refractivity contribution >= 4 is 21.6 Å². The molecule has 2 nitrogen and oxygen atoms in total. The summed E-state index contributed by atoms with van der Waals surface area (Å²) in [6.45, 7) is 2.18. The van der Waals surface area contributed by atoms with E-state index >= 15 is 0 Å². The molecule has 20 heavy (non-hydrogen) atoms. The zero-order valence-electron chi connectivity index (χ0n) is 11.5. The van der Waals surface area contributed by atoms with E-state index in [2.05, 4.69) is 42.2 Å². The molecule has 102 valence electrons. The number of hydrogen-bond donors (Lipinski definition) is 1. The SMILES string of the molecule is CCc1ccccc1CC(N)c1nc2ccccc2s1. The molecule has 3 aromatic rings. The molecule has 2 N–H and O–H groups in total. The lowest BCUT2D eigenvalue weighted by Gasteiger charge is -2.11. The largest absolute Gasteiger partial charge is 0.322 e. The Labute approximate surface area is 123 Å². The number of thiazole rings is 1. The summed E-state index contributed by atoms with van der Waals surface area (Å²) in [4.78, 5) is 4.66. The van der Waals surface area contributed by atoms with Gasteiger partial charge in [0, 0.05) is 0 Å². The summed E-state index contributed by atoms with van der Waals surface area (Å²) >= 11 is 1.70. The lowest BCUT2D eigenvalue weighted by Crippen LogP contribution is -2.14. The summed E-state index contributed by atoms with van der Waals surface area (Å²) in [5, 5.41) is 1.03. The molecule has 1 heterocycles. The highest BCUT2D eigenvalue weighted by Crippen LogP contribution is 2.27. The van der Waals surface area contributed by atoms with E-state index in [9.17, 15) is 0 Å². The van der Waals surface area contributed by atoms with Crippen molar-refractivity contribution in [1.29, 1.82) is 0 Å². The Bertz CT molecular complexity index is 685. The number of rotatable bonds is 4. The molecular formula is C17H18N2S. The summed E-state index contributed by atoms with van der Waals surface area (Å²) in [6, 6.07) is 16.7. The fraction of sp³-hybridized carbons (Fsp3) is 0.235. The van der Waals surface area contributed by atoms with Crippen molar-refractivity contribution in [2.24, 2.45) is 5.73 Å². The maximum atomic E-state index is 6.36. The molecule has 0 aliphatic carbocycles. The highest BCUT2D eigenvalue weighted by Gasteiger charge is 2.13. The number of nitrogens with two attached hydrogens (primary N) is 1. The first-order valence-electron chi connectivity index (χ1n) is 6.95. The van der Waals surface area contributed by atoms with E-state index in [-0.39, 0.29) is 6.04 Å². The van der Waals surface area contributed by atoms with Gasteiger partial charge in [-0.3, -0.25) is 0 Å². The van der Waals surface area contributed by atoms with Crippen LogP contribution in [-0.2, 0) is 12.8 Å². The van der Waals surface area contributed by atoms with Gasteiger partial charge in [0.15, 0.2) is 0 Å². The quantitative estimate of drug-likeness (QED) is 0.782. The average Bonchev–Trinajstić information content (AvgIpc) is 2.92. The molecule has 0 aliphatic heterocycles. The topological polar surface area (TPSA) is 38.9 Å². The Morgan fingerprint density at radius 1 is 1.05 bits per heavy atom. The van der Waals surface area contributed by atoms with Crippen LogP contribution in [0.25, 0.3) is 10.2 Å². The predicted octanol–water partition coefficient (Wildman–Crippen LogP) is 4.10. The van der Waals surface area contributed by atoms with Crippen molar-refractivity contribution < 1.29 is 0 Å². The summed E-state index contributed by atoms with van der Waals surface area (Å²) in [5.41, 5.74) is 10.1. The molecule has 1 unspecified atom stereocenters. The van der Waals surface area contributed by atoms with Crippen LogP contribution in [0.4, 0.5) is 0 Å². The summed E-state index contributed by atoms with van der Waals surface area (Å²) in [7, 11) is 0. The van der Waals surface area contributed by atoms with Crippen molar-refractivity contribution in [2.45, 2.75) is 25.8 Å². The van der Waals surface area contributed by atoms with Gasteiger partial charge in [-0.15, -0.1) is 11.3 Å². The molecule has 0 saturated carbocycles. The van der Waals surface area contributed by atoms with Crippen LogP contribution in [0.3, 0.4) is 0 Å². The average molecular weight is 282 g/mol. The number of fused-ring (bicyclic) bond motifs is 1. The van der Waals surface area contributed by atoms with Crippen LogP contribution in [0, 0.1) is 0 Å². The van der Waals surface area contributed by atoms with Gasteiger partial charge in [0.2, 0.25) is 0 Å². The van der Waals surface area contributed by atoms with Crippen LogP contribution in [0.1, 0.15) is 29.1 Å². The second kappa shape index (κ2) is 5.73. The van der Waals surface area contributed by atoms with Gasteiger partial charge in [-0.25, -0.2) is 4.98 Å². The minimum absolute atomic E-state index is 0.0277. The zero-order chi connectivity index (χ0) is 13.9. The second-order valence-electron chi connectivity index (χ2n) is 4.95. The van der Waals surface area contributed by atoms with Gasteiger partial charge >= 0.3 is 0 Å². The van der Waals surface area contributed by atoms with E-state index in [1.807, 2.05) is 18.2 Å². The van der Waals surface area contributed by atoms with Crippen molar-refractivity contribution in [3.63, 3.8) is 0 Å². The molecule has 0 spiro atoms. The minimum atomic E-state index is -0.0277. The number of nitrogens with zero attached hydrogens (tertiary/aromatic N) is 1. The van der Waals surface area contributed by atoms with Gasteiger partial charge < -0.3 is 5.73 Å². The predicted molar refractivity (Wildman–Crippen MR) is 86.1 cm³/mol. The highest BCUT2D eigenvalue weighted by molar-refractivity contribution is 7.18. The molecule has 1 aromatic heterocycles. The van der Waals surface area contributed by atoms with E-state index in [1.165, 1.54) is 15.8 Å². The Morgan fingerprint density at radius 3 is 2.50 bits per heavy atom. The molecule has 2 aromatic carbocycles. The van der Waals surface area contributed by atoms with E-state index in [0.29, 0.717) is 0 Å². The van der Waals surface area contributed by atoms with Gasteiger partial charge in [-0.05, 0) is 36.1 Å². The second-order valence-corrected chi connectivity index (χ2v) is 6.01. The van der Waals surface area contributed by atoms with Crippen molar-refractivity contribution in [3.05, 3.63) is 64.7 Å². The van der Waals surface area contributed by atoms with Crippen LogP contribution < -0.4 is 5.73 Å². The van der Waals surface area contributed by atoms with Crippen LogP contribution in [-0.4, -0.2) is 4.98 Å². The van der Waals surface area contributed by atoms with E-state index in [4.69, 9.17) is 5.73 Å². The molecule has 0 fully saturated rings. The molecule has 0 amide bonds. The fourth-order valence-electron chi connectivity index (χ4n) is 2.47. The maximum Gasteiger partial charge on any atom is 0.111 e. The monoisotopic (exact) mass is 282 g/mol. The Kier molecular flexibility index (Phi) is 3.81. The first-order chi connectivity index (χ1) is 9.78. The summed E-state index contributed by atoms with van der Waals surface area (Å²) in [5.74, 6) is 0. The Hall–Kier alpha value is -1.71. The van der Waals surface area contributed by atoms with Crippen molar-refractivity contribution in [3.8, 4) is 0 Å². The fourth-order valence-corrected chi connectivity index (χ4v) is 3.44. The smallest absolute Gasteiger partial charge is 0.111 e. The number of aromatic nitrogens is 1.